The minimum Gasteiger partial charge on any atom is -0.455 e. The molecule has 4 heterocycles. The van der Waals surface area contributed by atoms with E-state index in [0.29, 0.717) is 5.95 Å². The van der Waals surface area contributed by atoms with Crippen molar-refractivity contribution in [3.05, 3.63) is 176 Å². The maximum absolute atomic E-state index is 6.95. The van der Waals surface area contributed by atoms with E-state index in [1.807, 2.05) is 0 Å². The third-order valence-corrected chi connectivity index (χ3v) is 12.2. The number of hydrogen-bond donors (Lipinski definition) is 0. The summed E-state index contributed by atoms with van der Waals surface area (Å²) in [5.41, 5.74) is 11.4. The lowest BCUT2D eigenvalue weighted by molar-refractivity contribution is 0.673. The number of thiophene rings is 1. The van der Waals surface area contributed by atoms with E-state index in [4.69, 9.17) is 14.4 Å². The minimum absolute atomic E-state index is 0.636. The summed E-state index contributed by atoms with van der Waals surface area (Å²) < 4.78 is 11.5. The van der Waals surface area contributed by atoms with Crippen LogP contribution in [0.4, 0.5) is 0 Å². The fourth-order valence-corrected chi connectivity index (χ4v) is 9.63. The molecule has 0 aliphatic rings. The summed E-state index contributed by atoms with van der Waals surface area (Å²) >= 11 is 1.75. The molecule has 0 fully saturated rings. The van der Waals surface area contributed by atoms with Gasteiger partial charge in [0.05, 0.1) is 32.3 Å². The first-order valence-corrected chi connectivity index (χ1v) is 19.3. The van der Waals surface area contributed by atoms with Gasteiger partial charge >= 0.3 is 0 Å². The second kappa shape index (κ2) is 11.7. The van der Waals surface area contributed by atoms with Crippen LogP contribution in [-0.2, 0) is 0 Å². The van der Waals surface area contributed by atoms with Crippen molar-refractivity contribution in [2.24, 2.45) is 0 Å². The summed E-state index contributed by atoms with van der Waals surface area (Å²) in [7, 11) is 0. The first-order chi connectivity index (χ1) is 27.3. The Kier molecular flexibility index (Phi) is 6.47. The van der Waals surface area contributed by atoms with Crippen molar-refractivity contribution in [3.63, 3.8) is 0 Å². The van der Waals surface area contributed by atoms with E-state index in [9.17, 15) is 0 Å². The number of nitrogens with zero attached hydrogens (tertiary/aromatic N) is 3. The topological polar surface area (TPSA) is 43.9 Å². The average molecular weight is 720 g/mol. The van der Waals surface area contributed by atoms with Gasteiger partial charge in [-0.15, -0.1) is 11.3 Å². The first-order valence-electron chi connectivity index (χ1n) is 18.5. The summed E-state index contributed by atoms with van der Waals surface area (Å²) in [5, 5.41) is 7.86. The van der Waals surface area contributed by atoms with E-state index in [1.165, 1.54) is 26.6 Å². The van der Waals surface area contributed by atoms with Crippen LogP contribution in [-0.4, -0.2) is 14.5 Å². The zero-order valence-corrected chi connectivity index (χ0v) is 30.2. The summed E-state index contributed by atoms with van der Waals surface area (Å²) in [5.74, 6) is 0.636. The highest BCUT2D eigenvalue weighted by atomic mass is 32.1. The minimum atomic E-state index is 0.636. The number of aromatic nitrogens is 3. The second-order valence-corrected chi connectivity index (χ2v) is 15.2. The van der Waals surface area contributed by atoms with Crippen LogP contribution in [0.5, 0.6) is 0 Å². The van der Waals surface area contributed by atoms with E-state index < -0.39 is 0 Å². The van der Waals surface area contributed by atoms with Gasteiger partial charge < -0.3 is 4.42 Å². The Balaban J connectivity index is 1.18. The van der Waals surface area contributed by atoms with E-state index in [-0.39, 0.29) is 0 Å². The summed E-state index contributed by atoms with van der Waals surface area (Å²) in [6.45, 7) is 0. The molecule has 0 aliphatic heterocycles. The smallest absolute Gasteiger partial charge is 0.235 e. The number of hydrogen-bond acceptors (Lipinski definition) is 4. The van der Waals surface area contributed by atoms with Gasteiger partial charge in [-0.2, -0.15) is 0 Å². The molecule has 5 heteroatoms. The van der Waals surface area contributed by atoms with E-state index in [2.05, 4.69) is 180 Å². The van der Waals surface area contributed by atoms with Crippen LogP contribution in [0.25, 0.3) is 114 Å². The quantitative estimate of drug-likeness (QED) is 0.182. The summed E-state index contributed by atoms with van der Waals surface area (Å²) in [6.07, 6.45) is 0. The molecule has 0 aliphatic carbocycles. The van der Waals surface area contributed by atoms with E-state index in [0.717, 1.165) is 81.7 Å². The van der Waals surface area contributed by atoms with Crippen LogP contribution in [0.2, 0.25) is 0 Å². The van der Waals surface area contributed by atoms with Crippen molar-refractivity contribution in [2.75, 3.05) is 0 Å². The van der Waals surface area contributed by atoms with Crippen molar-refractivity contribution in [1.82, 2.24) is 14.5 Å². The molecule has 8 aromatic carbocycles. The maximum Gasteiger partial charge on any atom is 0.235 e. The molecular formula is C50H29N3OS. The van der Waals surface area contributed by atoms with Crippen LogP contribution < -0.4 is 0 Å². The first kappa shape index (κ1) is 30.4. The number of fused-ring (bicyclic) bond motifs is 12. The van der Waals surface area contributed by atoms with Crippen LogP contribution in [0.3, 0.4) is 0 Å². The molecule has 0 atom stereocenters. The Labute approximate surface area is 319 Å². The molecular weight excluding hydrogens is 691 g/mol. The molecule has 0 radical (unpaired) electrons. The number of rotatable bonds is 4. The SMILES string of the molecule is c1ccc(-c2ccc3c(ccc4oc5c(ccc6c5c5cc(-c7ccccc7)ccc5n6-c5nc(-c6ccccc6)c6sc7ccccc7c6n5)c43)c2)cc1. The largest absolute Gasteiger partial charge is 0.455 e. The highest BCUT2D eigenvalue weighted by molar-refractivity contribution is 7.26. The third-order valence-electron chi connectivity index (χ3n) is 11.0. The lowest BCUT2D eigenvalue weighted by Gasteiger charge is -2.10. The molecule has 4 aromatic heterocycles. The molecule has 256 valence electrons. The predicted molar refractivity (Wildman–Crippen MR) is 230 cm³/mol. The molecule has 0 amide bonds. The molecule has 0 N–H and O–H groups in total. The zero-order valence-electron chi connectivity index (χ0n) is 29.4. The molecule has 0 unspecified atom stereocenters. The zero-order chi connectivity index (χ0) is 36.0. The van der Waals surface area contributed by atoms with Gasteiger partial charge in [-0.05, 0) is 75.5 Å². The lowest BCUT2D eigenvalue weighted by atomic mass is 9.98. The average Bonchev–Trinajstić information content (AvgIpc) is 3.93. The van der Waals surface area contributed by atoms with Gasteiger partial charge in [-0.25, -0.2) is 9.97 Å². The lowest BCUT2D eigenvalue weighted by Crippen LogP contribution is -2.02. The fourth-order valence-electron chi connectivity index (χ4n) is 8.47. The van der Waals surface area contributed by atoms with E-state index in [1.54, 1.807) is 11.3 Å². The Hall–Kier alpha value is -7.08. The molecule has 55 heavy (non-hydrogen) atoms. The van der Waals surface area contributed by atoms with Gasteiger partial charge in [0, 0.05) is 31.8 Å². The van der Waals surface area contributed by atoms with Gasteiger partial charge in [-0.1, -0.05) is 133 Å². The number of benzene rings is 8. The van der Waals surface area contributed by atoms with Crippen molar-refractivity contribution >= 4 is 86.2 Å². The number of furan rings is 1. The predicted octanol–water partition coefficient (Wildman–Crippen LogP) is 14.0. The monoisotopic (exact) mass is 719 g/mol. The van der Waals surface area contributed by atoms with Crippen LogP contribution >= 0.6 is 11.3 Å². The highest BCUT2D eigenvalue weighted by Crippen LogP contribution is 2.45. The molecule has 0 saturated heterocycles. The maximum atomic E-state index is 6.95. The molecule has 12 aromatic rings. The van der Waals surface area contributed by atoms with Crippen LogP contribution in [0, 0.1) is 0 Å². The molecule has 4 nitrogen and oxygen atoms in total. The van der Waals surface area contributed by atoms with Gasteiger partial charge in [-0.3, -0.25) is 4.57 Å². The van der Waals surface area contributed by atoms with Gasteiger partial charge in [0.2, 0.25) is 5.95 Å². The molecule has 0 saturated carbocycles. The Morgan fingerprint density at radius 3 is 1.89 bits per heavy atom. The van der Waals surface area contributed by atoms with Gasteiger partial charge in [0.25, 0.3) is 0 Å². The second-order valence-electron chi connectivity index (χ2n) is 14.1. The van der Waals surface area contributed by atoms with Crippen LogP contribution in [0.1, 0.15) is 0 Å². The van der Waals surface area contributed by atoms with Crippen LogP contribution in [0.15, 0.2) is 180 Å². The Morgan fingerprint density at radius 2 is 1.11 bits per heavy atom. The highest BCUT2D eigenvalue weighted by Gasteiger charge is 2.23. The van der Waals surface area contributed by atoms with E-state index >= 15 is 0 Å². The summed E-state index contributed by atoms with van der Waals surface area (Å²) in [4.78, 5) is 10.8. The summed E-state index contributed by atoms with van der Waals surface area (Å²) in [6, 6.07) is 62.4. The molecule has 0 spiro atoms. The normalized spacial score (nSPS) is 12.0. The fraction of sp³-hybridized carbons (Fsp3) is 0. The Morgan fingerprint density at radius 1 is 0.455 bits per heavy atom. The van der Waals surface area contributed by atoms with Crippen molar-refractivity contribution in [3.8, 4) is 39.5 Å². The van der Waals surface area contributed by atoms with Crippen molar-refractivity contribution < 1.29 is 4.42 Å². The van der Waals surface area contributed by atoms with Crippen molar-refractivity contribution in [1.29, 1.82) is 0 Å². The Bertz CT molecular complexity index is 3470. The standard InChI is InChI=1S/C50H29N3OS/c1-4-12-30(13-5-1)33-20-23-36-35(28-33)22-27-42-44(36)38-24-26-41-45(48(38)54-42)39-29-34(31-14-6-2-7-15-31)21-25-40(39)53(41)50-51-46(32-16-8-3-9-17-32)49-47(52-50)37-18-10-11-19-43(37)55-49/h1-29H. The van der Waals surface area contributed by atoms with Crippen molar-refractivity contribution in [2.45, 2.75) is 0 Å². The molecule has 0 bridgehead atoms. The molecule has 12 rings (SSSR count). The van der Waals surface area contributed by atoms with Gasteiger partial charge in [0.1, 0.15) is 11.2 Å². The third kappa shape index (κ3) is 4.57. The van der Waals surface area contributed by atoms with Gasteiger partial charge in [0.15, 0.2) is 0 Å².